The van der Waals surface area contributed by atoms with Crippen molar-refractivity contribution in [3.63, 3.8) is 0 Å². The van der Waals surface area contributed by atoms with Gasteiger partial charge in [0, 0.05) is 12.6 Å². The molecule has 1 aliphatic rings. The highest BCUT2D eigenvalue weighted by Gasteiger charge is 2.62. The fraction of sp³-hybridized carbons (Fsp3) is 0.211. The number of rotatable bonds is 4. The molecule has 0 saturated carbocycles. The normalized spacial score (nSPS) is 20.9. The van der Waals surface area contributed by atoms with Gasteiger partial charge in [0.1, 0.15) is 6.10 Å². The van der Waals surface area contributed by atoms with E-state index in [4.69, 9.17) is 4.74 Å². The summed E-state index contributed by atoms with van der Waals surface area (Å²) in [5.74, 6) is -1.21. The molecule has 1 saturated heterocycles. The third kappa shape index (κ3) is 3.22. The minimum absolute atomic E-state index is 0.187. The summed E-state index contributed by atoms with van der Waals surface area (Å²) in [7, 11) is 1.41. The first kappa shape index (κ1) is 18.4. The van der Waals surface area contributed by atoms with Crippen molar-refractivity contribution in [1.29, 1.82) is 0 Å². The second kappa shape index (κ2) is 7.46. The summed E-state index contributed by atoms with van der Waals surface area (Å²) in [5.41, 5.74) is 1.63. The van der Waals surface area contributed by atoms with Gasteiger partial charge in [-0.25, -0.2) is 4.79 Å². The SMILES string of the molecule is CNC(=O)[C@]1(N(NC(=O)c2ccccc2)C(=O)O)COC1c1ccccc1. The lowest BCUT2D eigenvalue weighted by molar-refractivity contribution is -0.207. The maximum absolute atomic E-state index is 12.7. The van der Waals surface area contributed by atoms with Gasteiger partial charge in [-0.05, 0) is 17.7 Å². The number of ether oxygens (including phenoxy) is 1. The van der Waals surface area contributed by atoms with Crippen LogP contribution < -0.4 is 10.7 Å². The van der Waals surface area contributed by atoms with Gasteiger partial charge in [0.2, 0.25) is 0 Å². The van der Waals surface area contributed by atoms with Gasteiger partial charge in [0.05, 0.1) is 6.61 Å². The van der Waals surface area contributed by atoms with Crippen molar-refractivity contribution in [2.45, 2.75) is 11.6 Å². The molecule has 1 fully saturated rings. The zero-order valence-corrected chi connectivity index (χ0v) is 14.6. The number of hydrogen-bond acceptors (Lipinski definition) is 4. The van der Waals surface area contributed by atoms with Gasteiger partial charge in [0.25, 0.3) is 11.8 Å². The van der Waals surface area contributed by atoms with Crippen LogP contribution in [0, 0.1) is 0 Å². The van der Waals surface area contributed by atoms with Crippen LogP contribution in [0.2, 0.25) is 0 Å². The Morgan fingerprint density at radius 2 is 1.67 bits per heavy atom. The fourth-order valence-electron chi connectivity index (χ4n) is 3.08. The van der Waals surface area contributed by atoms with Crippen molar-refractivity contribution >= 4 is 17.9 Å². The third-order valence-electron chi connectivity index (χ3n) is 4.47. The standard InChI is InChI=1S/C19H19N3O5/c1-20-17(24)19(12-27-15(19)13-8-4-2-5-9-13)22(18(25)26)21-16(23)14-10-6-3-7-11-14/h2-11,15H,12H2,1H3,(H,20,24)(H,21,23)(H,25,26)/t15?,19-/m0/s1. The van der Waals surface area contributed by atoms with Gasteiger partial charge in [-0.15, -0.1) is 0 Å². The molecular formula is C19H19N3O5. The number of amides is 3. The van der Waals surface area contributed by atoms with Crippen LogP contribution in [0.3, 0.4) is 0 Å². The van der Waals surface area contributed by atoms with E-state index in [2.05, 4.69) is 10.7 Å². The van der Waals surface area contributed by atoms with Crippen molar-refractivity contribution in [2.75, 3.05) is 13.7 Å². The quantitative estimate of drug-likeness (QED) is 0.709. The summed E-state index contributed by atoms with van der Waals surface area (Å²) in [6.45, 7) is -0.187. The molecule has 140 valence electrons. The van der Waals surface area contributed by atoms with E-state index >= 15 is 0 Å². The van der Waals surface area contributed by atoms with E-state index in [-0.39, 0.29) is 12.2 Å². The molecule has 27 heavy (non-hydrogen) atoms. The Kier molecular flexibility index (Phi) is 5.09. The summed E-state index contributed by atoms with van der Waals surface area (Å²) in [6, 6.07) is 17.0. The first-order valence-electron chi connectivity index (χ1n) is 8.28. The van der Waals surface area contributed by atoms with E-state index in [1.54, 1.807) is 60.7 Å². The van der Waals surface area contributed by atoms with E-state index in [0.29, 0.717) is 10.6 Å². The molecule has 1 unspecified atom stereocenters. The van der Waals surface area contributed by atoms with E-state index < -0.39 is 29.6 Å². The average molecular weight is 369 g/mol. The Morgan fingerprint density at radius 1 is 1.07 bits per heavy atom. The van der Waals surface area contributed by atoms with Gasteiger partial charge in [-0.3, -0.25) is 15.0 Å². The van der Waals surface area contributed by atoms with Gasteiger partial charge in [-0.2, -0.15) is 5.01 Å². The zero-order chi connectivity index (χ0) is 19.4. The second-order valence-electron chi connectivity index (χ2n) is 6.03. The van der Waals surface area contributed by atoms with Crippen LogP contribution in [0.5, 0.6) is 0 Å². The molecule has 3 amide bonds. The summed E-state index contributed by atoms with van der Waals surface area (Å²) >= 11 is 0. The molecule has 2 aromatic carbocycles. The van der Waals surface area contributed by atoms with Crippen LogP contribution in [0.15, 0.2) is 60.7 Å². The van der Waals surface area contributed by atoms with Crippen molar-refractivity contribution in [2.24, 2.45) is 0 Å². The van der Waals surface area contributed by atoms with Crippen LogP contribution >= 0.6 is 0 Å². The molecule has 0 aliphatic carbocycles. The lowest BCUT2D eigenvalue weighted by Crippen LogP contribution is -2.75. The number of nitrogens with one attached hydrogen (secondary N) is 2. The molecule has 0 aromatic heterocycles. The number of carbonyl (C=O) groups excluding carboxylic acids is 2. The molecular weight excluding hydrogens is 350 g/mol. The van der Waals surface area contributed by atoms with Crippen LogP contribution in [-0.4, -0.2) is 47.2 Å². The lowest BCUT2D eigenvalue weighted by atomic mass is 9.81. The van der Waals surface area contributed by atoms with Crippen LogP contribution in [0.4, 0.5) is 4.79 Å². The molecule has 0 bridgehead atoms. The topological polar surface area (TPSA) is 108 Å². The lowest BCUT2D eigenvalue weighted by Gasteiger charge is -2.51. The number of likely N-dealkylation sites (N-methyl/N-ethyl adjacent to an activating group) is 1. The van der Waals surface area contributed by atoms with Crippen molar-refractivity contribution in [3.8, 4) is 0 Å². The Balaban J connectivity index is 1.97. The molecule has 2 aromatic rings. The Hall–Kier alpha value is -3.39. The molecule has 1 heterocycles. The fourth-order valence-corrected chi connectivity index (χ4v) is 3.08. The molecule has 3 N–H and O–H groups in total. The predicted molar refractivity (Wildman–Crippen MR) is 95.7 cm³/mol. The van der Waals surface area contributed by atoms with E-state index in [0.717, 1.165) is 0 Å². The third-order valence-corrected chi connectivity index (χ3v) is 4.47. The van der Waals surface area contributed by atoms with Crippen LogP contribution in [0.1, 0.15) is 22.0 Å². The highest BCUT2D eigenvalue weighted by molar-refractivity contribution is 5.97. The van der Waals surface area contributed by atoms with Crippen LogP contribution in [0.25, 0.3) is 0 Å². The molecule has 0 spiro atoms. The smallest absolute Gasteiger partial charge is 0.427 e. The first-order chi connectivity index (χ1) is 13.0. The minimum Gasteiger partial charge on any atom is -0.464 e. The number of hydrazine groups is 1. The van der Waals surface area contributed by atoms with Crippen molar-refractivity contribution in [1.82, 2.24) is 15.8 Å². The predicted octanol–water partition coefficient (Wildman–Crippen LogP) is 1.57. The first-order valence-corrected chi connectivity index (χ1v) is 8.28. The molecule has 0 radical (unpaired) electrons. The maximum Gasteiger partial charge on any atom is 0.427 e. The van der Waals surface area contributed by atoms with Gasteiger partial charge >= 0.3 is 6.09 Å². The number of benzene rings is 2. The zero-order valence-electron chi connectivity index (χ0n) is 14.6. The number of nitrogens with zero attached hydrogens (tertiary/aromatic N) is 1. The minimum atomic E-state index is -1.62. The Morgan fingerprint density at radius 3 is 2.15 bits per heavy atom. The molecule has 8 nitrogen and oxygen atoms in total. The average Bonchev–Trinajstić information content (AvgIpc) is 2.67. The second-order valence-corrected chi connectivity index (χ2v) is 6.03. The van der Waals surface area contributed by atoms with Crippen molar-refractivity contribution < 1.29 is 24.2 Å². The van der Waals surface area contributed by atoms with E-state index in [1.165, 1.54) is 7.05 Å². The molecule has 8 heteroatoms. The highest BCUT2D eigenvalue weighted by Crippen LogP contribution is 2.43. The van der Waals surface area contributed by atoms with Crippen molar-refractivity contribution in [3.05, 3.63) is 71.8 Å². The van der Waals surface area contributed by atoms with Crippen LogP contribution in [-0.2, 0) is 9.53 Å². The van der Waals surface area contributed by atoms with E-state index in [1.807, 2.05) is 0 Å². The largest absolute Gasteiger partial charge is 0.464 e. The Bertz CT molecular complexity index is 843. The summed E-state index contributed by atoms with van der Waals surface area (Å²) in [4.78, 5) is 37.2. The monoisotopic (exact) mass is 369 g/mol. The molecule has 3 rings (SSSR count). The number of carbonyl (C=O) groups is 3. The van der Waals surface area contributed by atoms with Gasteiger partial charge in [0.15, 0.2) is 5.54 Å². The number of hydrogen-bond donors (Lipinski definition) is 3. The van der Waals surface area contributed by atoms with Gasteiger partial charge < -0.3 is 15.2 Å². The summed E-state index contributed by atoms with van der Waals surface area (Å²) in [5, 5.41) is 12.9. The molecule has 2 atom stereocenters. The van der Waals surface area contributed by atoms with E-state index in [9.17, 15) is 19.5 Å². The number of carboxylic acid groups (broad SMARTS) is 1. The highest BCUT2D eigenvalue weighted by atomic mass is 16.5. The molecule has 1 aliphatic heterocycles. The summed E-state index contributed by atoms with van der Waals surface area (Å²) in [6.07, 6.45) is -2.32. The Labute approximate surface area is 155 Å². The maximum atomic E-state index is 12.7. The summed E-state index contributed by atoms with van der Waals surface area (Å²) < 4.78 is 5.56. The van der Waals surface area contributed by atoms with Gasteiger partial charge in [-0.1, -0.05) is 48.5 Å².